The minimum atomic E-state index is -1.82. The van der Waals surface area contributed by atoms with Crippen molar-refractivity contribution in [2.24, 2.45) is 0 Å². The average molecular weight is 390 g/mol. The van der Waals surface area contributed by atoms with Crippen molar-refractivity contribution < 1.29 is 24.6 Å². The molecule has 0 bridgehead atoms. The number of likely N-dealkylation sites (N-methyl/N-ethyl adjacent to an activating group) is 1. The van der Waals surface area contributed by atoms with Gasteiger partial charge in [0.15, 0.2) is 0 Å². The monoisotopic (exact) mass is 390 g/mol. The zero-order valence-corrected chi connectivity index (χ0v) is 16.0. The molecule has 2 aliphatic heterocycles. The van der Waals surface area contributed by atoms with E-state index in [9.17, 15) is 0 Å². The maximum absolute atomic E-state index is 9.10. The Morgan fingerprint density at radius 3 is 2.59 bits per heavy atom. The van der Waals surface area contributed by atoms with Gasteiger partial charge in [0.2, 0.25) is 0 Å². The van der Waals surface area contributed by atoms with E-state index in [0.29, 0.717) is 6.04 Å². The molecular formula is C19H22N2O5S. The van der Waals surface area contributed by atoms with Crippen molar-refractivity contribution in [3.8, 4) is 0 Å². The van der Waals surface area contributed by atoms with E-state index < -0.39 is 11.9 Å². The lowest BCUT2D eigenvalue weighted by Gasteiger charge is -2.25. The summed E-state index contributed by atoms with van der Waals surface area (Å²) in [6.45, 7) is 0.967. The lowest BCUT2D eigenvalue weighted by molar-refractivity contribution is -0.159. The van der Waals surface area contributed by atoms with Crippen LogP contribution in [0.4, 0.5) is 5.69 Å². The first-order valence-electron chi connectivity index (χ1n) is 8.58. The molecule has 2 aromatic rings. The Morgan fingerprint density at radius 1 is 1.22 bits per heavy atom. The number of nitrogens with zero attached hydrogens (tertiary/aromatic N) is 2. The number of hydroxylamine groups is 1. The highest BCUT2D eigenvalue weighted by Gasteiger charge is 2.39. The minimum Gasteiger partial charge on any atom is -0.473 e. The Hall–Kier alpha value is -2.42. The molecule has 1 aromatic carbocycles. The van der Waals surface area contributed by atoms with Crippen molar-refractivity contribution in [3.05, 3.63) is 51.7 Å². The number of para-hydroxylation sites is 1. The van der Waals surface area contributed by atoms with Crippen LogP contribution >= 0.6 is 11.3 Å². The van der Waals surface area contributed by atoms with Crippen LogP contribution in [0.3, 0.4) is 0 Å². The van der Waals surface area contributed by atoms with Gasteiger partial charge < -0.3 is 15.1 Å². The highest BCUT2D eigenvalue weighted by molar-refractivity contribution is 7.10. The third kappa shape index (κ3) is 4.29. The van der Waals surface area contributed by atoms with Crippen LogP contribution in [0, 0.1) is 0 Å². The van der Waals surface area contributed by atoms with E-state index >= 15 is 0 Å². The summed E-state index contributed by atoms with van der Waals surface area (Å²) >= 11 is 1.87. The van der Waals surface area contributed by atoms with Gasteiger partial charge in [-0.25, -0.2) is 14.7 Å². The van der Waals surface area contributed by atoms with Gasteiger partial charge in [-0.3, -0.25) is 4.84 Å². The van der Waals surface area contributed by atoms with Gasteiger partial charge in [-0.15, -0.1) is 11.3 Å². The molecule has 2 unspecified atom stereocenters. The Kier molecular flexibility index (Phi) is 5.79. The summed E-state index contributed by atoms with van der Waals surface area (Å²) in [6.07, 6.45) is 2.36. The number of rotatable bonds is 2. The largest absolute Gasteiger partial charge is 0.473 e. The predicted molar refractivity (Wildman–Crippen MR) is 102 cm³/mol. The molecule has 3 heterocycles. The molecule has 1 saturated heterocycles. The summed E-state index contributed by atoms with van der Waals surface area (Å²) in [7, 11) is 4.22. The molecule has 1 aromatic heterocycles. The van der Waals surface area contributed by atoms with Crippen LogP contribution in [0.15, 0.2) is 35.7 Å². The number of benzene rings is 1. The molecule has 2 N–H and O–H groups in total. The SMILES string of the molecule is CN(C)CC1CC2c3ccsc3Cc3ccccc3N2O1.O=C(O)C(=O)O. The number of aliphatic carboxylic acids is 2. The van der Waals surface area contributed by atoms with E-state index in [2.05, 4.69) is 59.8 Å². The second-order valence-corrected chi connectivity index (χ2v) is 7.78. The van der Waals surface area contributed by atoms with Crippen LogP contribution in [0.5, 0.6) is 0 Å². The third-order valence-electron chi connectivity index (χ3n) is 4.50. The zero-order chi connectivity index (χ0) is 19.6. The van der Waals surface area contributed by atoms with Crippen LogP contribution in [0.25, 0.3) is 0 Å². The number of carboxylic acid groups (broad SMARTS) is 2. The van der Waals surface area contributed by atoms with Gasteiger partial charge in [0.05, 0.1) is 11.7 Å². The number of carboxylic acids is 2. The van der Waals surface area contributed by atoms with E-state index in [1.807, 2.05) is 11.3 Å². The fraction of sp³-hybridized carbons (Fsp3) is 0.368. The lowest BCUT2D eigenvalue weighted by Crippen LogP contribution is -2.27. The van der Waals surface area contributed by atoms with Gasteiger partial charge in [-0.2, -0.15) is 0 Å². The second kappa shape index (κ2) is 8.08. The molecule has 144 valence electrons. The maximum atomic E-state index is 9.10. The van der Waals surface area contributed by atoms with Gasteiger partial charge in [0.1, 0.15) is 6.10 Å². The van der Waals surface area contributed by atoms with Crippen molar-refractivity contribution in [3.63, 3.8) is 0 Å². The van der Waals surface area contributed by atoms with Gasteiger partial charge in [-0.05, 0) is 42.7 Å². The summed E-state index contributed by atoms with van der Waals surface area (Å²) in [5.41, 5.74) is 4.07. The second-order valence-electron chi connectivity index (χ2n) is 6.78. The maximum Gasteiger partial charge on any atom is 0.414 e. The number of hydrogen-bond acceptors (Lipinski definition) is 6. The standard InChI is InChI=1S/C17H20N2OS.C2H2O4/c1-18(2)11-13-10-16-14-7-8-21-17(14)9-12-5-3-4-6-15(12)19(16)20-13;3-1(4)2(5)6/h3-8,13,16H,9-11H2,1-2H3;(H,3,4)(H,5,6). The molecule has 0 saturated carbocycles. The predicted octanol–water partition coefficient (Wildman–Crippen LogP) is 2.62. The van der Waals surface area contributed by atoms with Crippen molar-refractivity contribution in [2.75, 3.05) is 25.7 Å². The molecule has 7 nitrogen and oxygen atoms in total. The smallest absolute Gasteiger partial charge is 0.414 e. The normalized spacial score (nSPS) is 20.0. The van der Waals surface area contributed by atoms with Crippen LogP contribution in [0.1, 0.15) is 28.5 Å². The molecule has 0 aliphatic carbocycles. The first kappa shape index (κ1) is 19.3. The molecular weight excluding hydrogens is 368 g/mol. The molecule has 2 aliphatic rings. The number of carbonyl (C=O) groups is 2. The van der Waals surface area contributed by atoms with Gasteiger partial charge >= 0.3 is 11.9 Å². The molecule has 1 fully saturated rings. The average Bonchev–Trinajstić information content (AvgIpc) is 3.20. The first-order valence-corrected chi connectivity index (χ1v) is 9.46. The lowest BCUT2D eigenvalue weighted by atomic mass is 10.0. The molecule has 2 atom stereocenters. The first-order chi connectivity index (χ1) is 12.9. The van der Waals surface area contributed by atoms with E-state index in [0.717, 1.165) is 19.4 Å². The summed E-state index contributed by atoms with van der Waals surface area (Å²) in [4.78, 5) is 28.2. The fourth-order valence-corrected chi connectivity index (χ4v) is 4.41. The highest BCUT2D eigenvalue weighted by atomic mass is 32.1. The van der Waals surface area contributed by atoms with Crippen molar-refractivity contribution >= 4 is 29.0 Å². The Bertz CT molecular complexity index is 823. The molecule has 0 spiro atoms. The highest BCUT2D eigenvalue weighted by Crippen LogP contribution is 2.45. The minimum absolute atomic E-state index is 0.268. The number of anilines is 1. The van der Waals surface area contributed by atoms with Crippen LogP contribution in [-0.2, 0) is 20.8 Å². The molecule has 0 radical (unpaired) electrons. The number of thiophene rings is 1. The van der Waals surface area contributed by atoms with Crippen LogP contribution < -0.4 is 5.06 Å². The van der Waals surface area contributed by atoms with Crippen LogP contribution in [-0.4, -0.2) is 53.8 Å². The van der Waals surface area contributed by atoms with E-state index in [4.69, 9.17) is 24.6 Å². The quantitative estimate of drug-likeness (QED) is 0.762. The van der Waals surface area contributed by atoms with E-state index in [1.165, 1.54) is 21.7 Å². The topological polar surface area (TPSA) is 90.3 Å². The van der Waals surface area contributed by atoms with Gasteiger partial charge in [-0.1, -0.05) is 18.2 Å². The van der Waals surface area contributed by atoms with Crippen molar-refractivity contribution in [1.29, 1.82) is 0 Å². The van der Waals surface area contributed by atoms with Gasteiger partial charge in [0, 0.05) is 24.3 Å². The van der Waals surface area contributed by atoms with Crippen LogP contribution in [0.2, 0.25) is 0 Å². The molecule has 0 amide bonds. The summed E-state index contributed by atoms with van der Waals surface area (Å²) in [5, 5.41) is 19.2. The summed E-state index contributed by atoms with van der Waals surface area (Å²) in [6, 6.07) is 11.3. The molecule has 4 rings (SSSR count). The zero-order valence-electron chi connectivity index (χ0n) is 15.2. The third-order valence-corrected chi connectivity index (χ3v) is 5.44. The van der Waals surface area contributed by atoms with Crippen molar-refractivity contribution in [2.45, 2.75) is 25.0 Å². The fourth-order valence-electron chi connectivity index (χ4n) is 3.45. The molecule has 8 heteroatoms. The number of fused-ring (bicyclic) bond motifs is 5. The Labute approximate surface area is 161 Å². The van der Waals surface area contributed by atoms with Gasteiger partial charge in [0.25, 0.3) is 0 Å². The van der Waals surface area contributed by atoms with E-state index in [1.54, 1.807) is 0 Å². The summed E-state index contributed by atoms with van der Waals surface area (Å²) in [5.74, 6) is -3.65. The Morgan fingerprint density at radius 2 is 1.93 bits per heavy atom. The van der Waals surface area contributed by atoms with E-state index in [-0.39, 0.29) is 6.10 Å². The van der Waals surface area contributed by atoms with Crippen molar-refractivity contribution in [1.82, 2.24) is 4.90 Å². The summed E-state index contributed by atoms with van der Waals surface area (Å²) < 4.78 is 0. The Balaban J connectivity index is 0.000000307. The molecule has 27 heavy (non-hydrogen) atoms. The number of hydrogen-bond donors (Lipinski definition) is 2.